The summed E-state index contributed by atoms with van der Waals surface area (Å²) < 4.78 is 6.91. The summed E-state index contributed by atoms with van der Waals surface area (Å²) in [4.78, 5) is 25.9. The lowest BCUT2D eigenvalue weighted by atomic mass is 10.1. The highest BCUT2D eigenvalue weighted by Gasteiger charge is 2.23. The van der Waals surface area contributed by atoms with E-state index < -0.39 is 5.97 Å². The molecule has 0 aliphatic carbocycles. The minimum absolute atomic E-state index is 0.0638. The van der Waals surface area contributed by atoms with Crippen LogP contribution in [0.4, 0.5) is 5.00 Å². The van der Waals surface area contributed by atoms with Crippen LogP contribution in [0.5, 0.6) is 5.75 Å². The first-order valence-electron chi connectivity index (χ1n) is 9.89. The molecule has 3 rings (SSSR count). The van der Waals surface area contributed by atoms with Crippen molar-refractivity contribution in [3.05, 3.63) is 52.9 Å². The van der Waals surface area contributed by atoms with Crippen LogP contribution in [0, 0.1) is 13.8 Å². The van der Waals surface area contributed by atoms with Gasteiger partial charge >= 0.3 is 5.97 Å². The molecule has 3 aromatic rings. The van der Waals surface area contributed by atoms with E-state index in [4.69, 9.17) is 4.74 Å². The van der Waals surface area contributed by atoms with E-state index in [0.29, 0.717) is 33.7 Å². The Kier molecular flexibility index (Phi) is 7.70. The number of aromatic nitrogens is 3. The predicted molar refractivity (Wildman–Crippen MR) is 126 cm³/mol. The van der Waals surface area contributed by atoms with Crippen molar-refractivity contribution in [2.24, 2.45) is 0 Å². The topological polar surface area (TPSA) is 106 Å². The molecule has 2 heterocycles. The molecule has 1 aromatic carbocycles. The van der Waals surface area contributed by atoms with E-state index in [-0.39, 0.29) is 24.0 Å². The van der Waals surface area contributed by atoms with Crippen molar-refractivity contribution in [1.29, 1.82) is 0 Å². The molecule has 0 unspecified atom stereocenters. The first kappa shape index (κ1) is 23.6. The number of aromatic hydroxyl groups is 1. The highest BCUT2D eigenvalue weighted by Crippen LogP contribution is 2.34. The molecule has 0 radical (unpaired) electrons. The lowest BCUT2D eigenvalue weighted by molar-refractivity contribution is -0.113. The molecule has 0 fully saturated rings. The molecular formula is C22H24N4O4S2. The van der Waals surface area contributed by atoms with Crippen molar-refractivity contribution >= 4 is 40.0 Å². The number of nitrogens with zero attached hydrogens (tertiary/aromatic N) is 3. The number of ether oxygens (including phenoxy) is 1. The van der Waals surface area contributed by atoms with Crippen LogP contribution in [0.1, 0.15) is 27.7 Å². The van der Waals surface area contributed by atoms with Crippen molar-refractivity contribution in [2.75, 3.05) is 17.7 Å². The van der Waals surface area contributed by atoms with E-state index in [1.54, 1.807) is 41.8 Å². The maximum Gasteiger partial charge on any atom is 0.341 e. The number of amides is 1. The number of anilines is 1. The molecule has 0 saturated carbocycles. The third kappa shape index (κ3) is 5.03. The van der Waals surface area contributed by atoms with Crippen LogP contribution < -0.4 is 5.32 Å². The summed E-state index contributed by atoms with van der Waals surface area (Å²) in [5.74, 6) is -0.0854. The minimum Gasteiger partial charge on any atom is -0.507 e. The van der Waals surface area contributed by atoms with Crippen molar-refractivity contribution in [3.63, 3.8) is 0 Å². The van der Waals surface area contributed by atoms with Gasteiger partial charge in [-0.25, -0.2) is 4.79 Å². The fourth-order valence-corrected chi connectivity index (χ4v) is 4.82. The second-order valence-corrected chi connectivity index (χ2v) is 8.93. The monoisotopic (exact) mass is 472 g/mol. The summed E-state index contributed by atoms with van der Waals surface area (Å²) in [5.41, 5.74) is 1.74. The average Bonchev–Trinajstić information content (AvgIpc) is 3.27. The predicted octanol–water partition coefficient (Wildman–Crippen LogP) is 4.42. The quantitative estimate of drug-likeness (QED) is 0.270. The van der Waals surface area contributed by atoms with Gasteiger partial charge in [0, 0.05) is 11.4 Å². The number of rotatable bonds is 9. The van der Waals surface area contributed by atoms with Gasteiger partial charge in [-0.3, -0.25) is 9.36 Å². The van der Waals surface area contributed by atoms with E-state index >= 15 is 0 Å². The highest BCUT2D eigenvalue weighted by atomic mass is 32.2. The number of aryl methyl sites for hydroxylation is 1. The molecule has 0 saturated heterocycles. The molecule has 0 aliphatic rings. The Labute approximate surface area is 194 Å². The summed E-state index contributed by atoms with van der Waals surface area (Å²) in [7, 11) is 0. The van der Waals surface area contributed by atoms with Gasteiger partial charge in [0.25, 0.3) is 0 Å². The van der Waals surface area contributed by atoms with Crippen molar-refractivity contribution in [3.8, 4) is 17.1 Å². The van der Waals surface area contributed by atoms with Gasteiger partial charge < -0.3 is 15.2 Å². The molecule has 0 spiro atoms. The van der Waals surface area contributed by atoms with Gasteiger partial charge in [-0.1, -0.05) is 30.0 Å². The van der Waals surface area contributed by atoms with Gasteiger partial charge in [-0.05, 0) is 38.5 Å². The molecule has 0 aliphatic heterocycles. The normalized spacial score (nSPS) is 10.7. The van der Waals surface area contributed by atoms with Gasteiger partial charge in [-0.2, -0.15) is 0 Å². The van der Waals surface area contributed by atoms with Crippen molar-refractivity contribution in [1.82, 2.24) is 14.8 Å². The third-order valence-corrected chi connectivity index (χ3v) is 6.71. The van der Waals surface area contributed by atoms with Gasteiger partial charge in [0.05, 0.1) is 23.5 Å². The fourth-order valence-electron chi connectivity index (χ4n) is 3.01. The zero-order valence-corrected chi connectivity index (χ0v) is 19.7. The van der Waals surface area contributed by atoms with Crippen LogP contribution in [0.25, 0.3) is 11.4 Å². The van der Waals surface area contributed by atoms with Crippen LogP contribution in [0.15, 0.2) is 42.1 Å². The van der Waals surface area contributed by atoms with Gasteiger partial charge in [0.15, 0.2) is 11.0 Å². The summed E-state index contributed by atoms with van der Waals surface area (Å²) in [6.07, 6.45) is 1.69. The summed E-state index contributed by atoms with van der Waals surface area (Å²) >= 11 is 2.55. The number of thiophene rings is 1. The largest absolute Gasteiger partial charge is 0.507 e. The Morgan fingerprint density at radius 3 is 2.75 bits per heavy atom. The zero-order valence-electron chi connectivity index (χ0n) is 18.0. The molecule has 8 nitrogen and oxygen atoms in total. The highest BCUT2D eigenvalue weighted by molar-refractivity contribution is 7.99. The number of phenols is 1. The first-order chi connectivity index (χ1) is 15.4. The first-order valence-corrected chi connectivity index (χ1v) is 11.7. The van der Waals surface area contributed by atoms with Gasteiger partial charge in [0.1, 0.15) is 10.8 Å². The Morgan fingerprint density at radius 1 is 1.31 bits per heavy atom. The fraction of sp³-hybridized carbons (Fsp3) is 0.273. The number of para-hydroxylation sites is 1. The second kappa shape index (κ2) is 10.5. The molecule has 2 aromatic heterocycles. The molecule has 10 heteroatoms. The molecular weight excluding hydrogens is 448 g/mol. The second-order valence-electron chi connectivity index (χ2n) is 6.77. The molecule has 32 heavy (non-hydrogen) atoms. The number of carbonyl (C=O) groups excluding carboxylic acids is 2. The number of benzene rings is 1. The number of allylic oxidation sites excluding steroid dienone is 1. The smallest absolute Gasteiger partial charge is 0.341 e. The average molecular weight is 473 g/mol. The SMILES string of the molecule is C=CCn1c(SCC(=O)Nc2sc(C)c(C)c2C(=O)OCC)nnc1-c1ccccc1O. The Bertz CT molecular complexity index is 1150. The van der Waals surface area contributed by atoms with Crippen molar-refractivity contribution < 1.29 is 19.4 Å². The molecule has 0 bridgehead atoms. The van der Waals surface area contributed by atoms with E-state index in [9.17, 15) is 14.7 Å². The maximum absolute atomic E-state index is 12.6. The number of phenolic OH excluding ortho intramolecular Hbond substituents is 1. The van der Waals surface area contributed by atoms with Crippen molar-refractivity contribution in [2.45, 2.75) is 32.5 Å². The number of nitrogens with one attached hydrogen (secondary N) is 1. The van der Waals surface area contributed by atoms with E-state index in [1.165, 1.54) is 23.1 Å². The lowest BCUT2D eigenvalue weighted by Gasteiger charge is -2.09. The third-order valence-electron chi connectivity index (χ3n) is 4.62. The lowest BCUT2D eigenvalue weighted by Crippen LogP contribution is -2.17. The maximum atomic E-state index is 12.6. The van der Waals surface area contributed by atoms with E-state index in [0.717, 1.165) is 10.4 Å². The Balaban J connectivity index is 1.76. The van der Waals surface area contributed by atoms with Crippen LogP contribution in [0.2, 0.25) is 0 Å². The number of hydrogen-bond donors (Lipinski definition) is 2. The molecule has 1 amide bonds. The summed E-state index contributed by atoms with van der Waals surface area (Å²) in [5, 5.41) is 22.4. The Morgan fingerprint density at radius 2 is 2.06 bits per heavy atom. The van der Waals surface area contributed by atoms with Gasteiger partial charge in [-0.15, -0.1) is 28.1 Å². The number of hydrogen-bond acceptors (Lipinski definition) is 8. The van der Waals surface area contributed by atoms with Crippen LogP contribution in [-0.4, -0.2) is 44.1 Å². The molecule has 2 N–H and O–H groups in total. The summed E-state index contributed by atoms with van der Waals surface area (Å²) in [6.45, 7) is 9.91. The van der Waals surface area contributed by atoms with E-state index in [2.05, 4.69) is 22.1 Å². The van der Waals surface area contributed by atoms with E-state index in [1.807, 2.05) is 13.8 Å². The van der Waals surface area contributed by atoms with Crippen LogP contribution in [0.3, 0.4) is 0 Å². The zero-order chi connectivity index (χ0) is 23.3. The number of thioether (sulfide) groups is 1. The molecule has 168 valence electrons. The summed E-state index contributed by atoms with van der Waals surface area (Å²) in [6, 6.07) is 6.85. The Hall–Kier alpha value is -3.11. The standard InChI is InChI=1S/C22H24N4O4S2/c1-5-11-26-19(15-9-7-8-10-16(15)27)24-25-22(26)31-12-17(28)23-20-18(21(29)30-6-2)13(3)14(4)32-20/h5,7-10,27H,1,6,11-12H2,2-4H3,(H,23,28). The molecule has 0 atom stereocenters. The van der Waals surface area contributed by atoms with Crippen LogP contribution >= 0.6 is 23.1 Å². The minimum atomic E-state index is -0.449. The van der Waals surface area contributed by atoms with Gasteiger partial charge in [0.2, 0.25) is 5.91 Å². The van der Waals surface area contributed by atoms with Crippen LogP contribution in [-0.2, 0) is 16.1 Å². The number of carbonyl (C=O) groups is 2. The number of esters is 1.